The van der Waals surface area contributed by atoms with Crippen molar-refractivity contribution < 1.29 is 27.5 Å². The van der Waals surface area contributed by atoms with Crippen molar-refractivity contribution in [2.75, 3.05) is 13.2 Å². The van der Waals surface area contributed by atoms with E-state index in [0.717, 1.165) is 25.7 Å². The molecule has 0 aromatic carbocycles. The van der Waals surface area contributed by atoms with Crippen LogP contribution in [0.1, 0.15) is 43.3 Å². The van der Waals surface area contributed by atoms with Crippen LogP contribution in [-0.2, 0) is 4.74 Å². The van der Waals surface area contributed by atoms with Crippen molar-refractivity contribution in [2.45, 2.75) is 50.7 Å². The molecule has 26 heavy (non-hydrogen) atoms. The van der Waals surface area contributed by atoms with Crippen LogP contribution in [0.25, 0.3) is 0 Å². The molecular weight excluding hydrogens is 351 g/mol. The monoisotopic (exact) mass is 373 g/mol. The fourth-order valence-electron chi connectivity index (χ4n) is 2.74. The van der Waals surface area contributed by atoms with Crippen molar-refractivity contribution >= 4 is 12.0 Å². The lowest BCUT2D eigenvalue weighted by molar-refractivity contribution is -0.160. The molecule has 0 spiro atoms. The molecule has 1 saturated carbocycles. The third-order valence-electron chi connectivity index (χ3n) is 3.97. The Kier molecular flexibility index (Phi) is 7.23. The molecule has 0 saturated heterocycles. The minimum absolute atomic E-state index is 0.0804. The summed E-state index contributed by atoms with van der Waals surface area (Å²) in [4.78, 5) is 28.1. The van der Waals surface area contributed by atoms with Gasteiger partial charge in [-0.1, -0.05) is 25.3 Å². The minimum Gasteiger partial charge on any atom is -0.440 e. The van der Waals surface area contributed by atoms with Crippen LogP contribution in [0.3, 0.4) is 0 Å². The summed E-state index contributed by atoms with van der Waals surface area (Å²) in [5.74, 6) is -0.309. The minimum atomic E-state index is -4.58. The van der Waals surface area contributed by atoms with Crippen LogP contribution in [-0.4, -0.2) is 41.9 Å². The molecule has 1 heterocycles. The number of carbonyl (C=O) groups is 2. The summed E-state index contributed by atoms with van der Waals surface area (Å²) >= 11 is 0. The lowest BCUT2D eigenvalue weighted by Crippen LogP contribution is -2.33. The van der Waals surface area contributed by atoms with Crippen molar-refractivity contribution in [3.63, 3.8) is 0 Å². The van der Waals surface area contributed by atoms with E-state index < -0.39 is 18.9 Å². The largest absolute Gasteiger partial charge is 0.440 e. The second-order valence-electron chi connectivity index (χ2n) is 6.11. The second-order valence-corrected chi connectivity index (χ2v) is 6.11. The molecule has 1 fully saturated rings. The Balaban J connectivity index is 1.89. The number of alkyl halides is 3. The molecule has 1 aromatic rings. The second kappa shape index (κ2) is 9.40. The van der Waals surface area contributed by atoms with E-state index in [9.17, 15) is 22.8 Å². The summed E-state index contributed by atoms with van der Waals surface area (Å²) in [6, 6.07) is 5.43. The van der Waals surface area contributed by atoms with E-state index in [0.29, 0.717) is 5.49 Å². The average Bonchev–Trinajstić information content (AvgIpc) is 2.60. The Morgan fingerprint density at radius 3 is 2.65 bits per heavy atom. The van der Waals surface area contributed by atoms with Crippen LogP contribution >= 0.6 is 0 Å². The number of hydrogen-bond acceptors (Lipinski definition) is 4. The number of alkyl carbamates (subject to hydrolysis) is 1. The van der Waals surface area contributed by atoms with Gasteiger partial charge in [0.1, 0.15) is 5.49 Å². The van der Waals surface area contributed by atoms with E-state index in [2.05, 4.69) is 15.0 Å². The number of nitrogens with zero attached hydrogens (tertiary/aromatic N) is 2. The van der Waals surface area contributed by atoms with Crippen molar-refractivity contribution in [2.24, 2.45) is 4.99 Å². The van der Waals surface area contributed by atoms with E-state index in [1.165, 1.54) is 11.0 Å². The zero-order chi connectivity index (χ0) is 19.0. The molecule has 1 N–H and O–H groups in total. The van der Waals surface area contributed by atoms with Crippen LogP contribution in [0.5, 0.6) is 0 Å². The average molecular weight is 373 g/mol. The molecule has 9 heteroatoms. The summed E-state index contributed by atoms with van der Waals surface area (Å²) in [5, 5.41) is 2.13. The number of carbonyl (C=O) groups excluding carboxylic acids is 2. The molecule has 2 rings (SSSR count). The van der Waals surface area contributed by atoms with Gasteiger partial charge in [-0.3, -0.25) is 14.4 Å². The Morgan fingerprint density at radius 1 is 1.23 bits per heavy atom. The number of ether oxygens (including phenoxy) is 1. The van der Waals surface area contributed by atoms with Crippen molar-refractivity contribution in [3.8, 4) is 0 Å². The molecule has 0 unspecified atom stereocenters. The quantitative estimate of drug-likeness (QED) is 0.862. The van der Waals surface area contributed by atoms with Gasteiger partial charge in [-0.15, -0.1) is 0 Å². The zero-order valence-corrected chi connectivity index (χ0v) is 14.3. The molecule has 1 amide bonds. The van der Waals surface area contributed by atoms with Gasteiger partial charge in [0.2, 0.25) is 5.91 Å². The number of rotatable bonds is 5. The number of halogens is 3. The third kappa shape index (κ3) is 6.89. The molecular formula is C17H22F3N3O3. The Labute approximate surface area is 149 Å². The number of nitrogens with one attached hydrogen (secondary N) is 1. The van der Waals surface area contributed by atoms with Crippen LogP contribution in [0, 0.1) is 0 Å². The van der Waals surface area contributed by atoms with Gasteiger partial charge < -0.3 is 10.1 Å². The molecule has 0 bridgehead atoms. The standard InChI is InChI=1S/C17H22F3N3O3/c18-17(19,20)12-26-16(25)21-10-9-15(24)23-11-5-4-8-14(23)22-13-6-2-1-3-7-13/h4-5,8,11,13H,1-3,6-7,9-10,12H2,(H,21,25). The molecule has 6 nitrogen and oxygen atoms in total. The predicted molar refractivity (Wildman–Crippen MR) is 87.5 cm³/mol. The summed E-state index contributed by atoms with van der Waals surface area (Å²) in [6.45, 7) is -1.79. The fraction of sp³-hybridized carbons (Fsp3) is 0.588. The zero-order valence-electron chi connectivity index (χ0n) is 14.3. The van der Waals surface area contributed by atoms with Crippen molar-refractivity contribution in [1.29, 1.82) is 0 Å². The molecule has 1 aliphatic carbocycles. The van der Waals surface area contributed by atoms with Crippen LogP contribution in [0.15, 0.2) is 29.4 Å². The lowest BCUT2D eigenvalue weighted by Gasteiger charge is -2.17. The van der Waals surface area contributed by atoms with Crippen LogP contribution < -0.4 is 10.8 Å². The van der Waals surface area contributed by atoms with Gasteiger partial charge in [0, 0.05) is 19.2 Å². The SMILES string of the molecule is O=C(NCCC(=O)n1ccccc1=NC1CCCCC1)OCC(F)(F)F. The lowest BCUT2D eigenvalue weighted by atomic mass is 9.96. The first-order valence-corrected chi connectivity index (χ1v) is 8.57. The summed E-state index contributed by atoms with van der Waals surface area (Å²) < 4.78 is 41.3. The van der Waals surface area contributed by atoms with Crippen LogP contribution in [0.4, 0.5) is 18.0 Å². The number of aromatic nitrogens is 1. The third-order valence-corrected chi connectivity index (χ3v) is 3.97. The first kappa shape index (κ1) is 20.0. The highest BCUT2D eigenvalue weighted by atomic mass is 19.4. The highest BCUT2D eigenvalue weighted by molar-refractivity contribution is 5.79. The molecule has 1 aromatic heterocycles. The number of hydrogen-bond donors (Lipinski definition) is 1. The number of amides is 1. The van der Waals surface area contributed by atoms with Crippen molar-refractivity contribution in [3.05, 3.63) is 29.9 Å². The molecule has 0 atom stereocenters. The smallest absolute Gasteiger partial charge is 0.422 e. The van der Waals surface area contributed by atoms with E-state index in [1.54, 1.807) is 24.4 Å². The molecule has 0 aliphatic heterocycles. The van der Waals surface area contributed by atoms with E-state index in [4.69, 9.17) is 0 Å². The first-order valence-electron chi connectivity index (χ1n) is 8.57. The van der Waals surface area contributed by atoms with Crippen LogP contribution in [0.2, 0.25) is 0 Å². The Bertz CT molecular complexity index is 680. The molecule has 1 aliphatic rings. The molecule has 144 valence electrons. The van der Waals surface area contributed by atoms with Gasteiger partial charge in [0.05, 0.1) is 6.04 Å². The summed E-state index contributed by atoms with van der Waals surface area (Å²) in [5.41, 5.74) is 0.545. The predicted octanol–water partition coefficient (Wildman–Crippen LogP) is 3.04. The van der Waals surface area contributed by atoms with E-state index in [1.807, 2.05) is 0 Å². The summed E-state index contributed by atoms with van der Waals surface area (Å²) in [6.07, 6.45) is 1.16. The van der Waals surface area contributed by atoms with Gasteiger partial charge in [-0.05, 0) is 25.0 Å². The van der Waals surface area contributed by atoms with E-state index >= 15 is 0 Å². The van der Waals surface area contributed by atoms with Gasteiger partial charge in [-0.2, -0.15) is 13.2 Å². The number of pyridine rings is 1. The normalized spacial score (nSPS) is 16.3. The van der Waals surface area contributed by atoms with Gasteiger partial charge in [0.15, 0.2) is 6.61 Å². The highest BCUT2D eigenvalue weighted by Crippen LogP contribution is 2.19. The Hall–Kier alpha value is -2.32. The maximum absolute atomic E-state index is 12.3. The first-order chi connectivity index (χ1) is 12.3. The Morgan fingerprint density at radius 2 is 1.96 bits per heavy atom. The topological polar surface area (TPSA) is 72.7 Å². The summed E-state index contributed by atoms with van der Waals surface area (Å²) in [7, 11) is 0. The fourth-order valence-corrected chi connectivity index (χ4v) is 2.74. The van der Waals surface area contributed by atoms with Gasteiger partial charge in [-0.25, -0.2) is 4.79 Å². The van der Waals surface area contributed by atoms with Gasteiger partial charge in [0.25, 0.3) is 0 Å². The maximum Gasteiger partial charge on any atom is 0.422 e. The molecule has 0 radical (unpaired) electrons. The van der Waals surface area contributed by atoms with E-state index in [-0.39, 0.29) is 24.9 Å². The maximum atomic E-state index is 12.3. The van der Waals surface area contributed by atoms with Gasteiger partial charge >= 0.3 is 12.3 Å². The van der Waals surface area contributed by atoms with Crippen molar-refractivity contribution in [1.82, 2.24) is 9.88 Å². The highest BCUT2D eigenvalue weighted by Gasteiger charge is 2.29.